The molecule has 4 heteroatoms. The predicted octanol–water partition coefficient (Wildman–Crippen LogP) is 2.96. The first-order chi connectivity index (χ1) is 8.25. The summed E-state index contributed by atoms with van der Waals surface area (Å²) in [6.07, 6.45) is 4.52. The Morgan fingerprint density at radius 1 is 1.47 bits per heavy atom. The van der Waals surface area contributed by atoms with Gasteiger partial charge in [-0.2, -0.15) is 0 Å². The first-order valence-corrected chi connectivity index (χ1v) is 6.10. The van der Waals surface area contributed by atoms with E-state index in [1.807, 2.05) is 24.4 Å². The zero-order chi connectivity index (χ0) is 12.1. The average Bonchev–Trinajstić information content (AvgIpc) is 2.82. The number of nitrogens with zero attached hydrogens (tertiary/aromatic N) is 1. The van der Waals surface area contributed by atoms with Crippen LogP contribution in [0.5, 0.6) is 0 Å². The van der Waals surface area contributed by atoms with Crippen LogP contribution in [-0.4, -0.2) is 16.5 Å². The molecule has 0 radical (unpaired) electrons. The first-order valence-electron chi connectivity index (χ1n) is 5.73. The molecule has 0 saturated carbocycles. The molecule has 1 atom stereocenters. The van der Waals surface area contributed by atoms with Gasteiger partial charge < -0.3 is 10.3 Å². The van der Waals surface area contributed by atoms with E-state index in [2.05, 4.69) is 28.3 Å². The van der Waals surface area contributed by atoms with Gasteiger partial charge in [0.05, 0.1) is 0 Å². The highest BCUT2D eigenvalue weighted by atomic mass is 35.5. The van der Waals surface area contributed by atoms with Crippen molar-refractivity contribution in [3.8, 4) is 0 Å². The molecule has 1 aromatic heterocycles. The van der Waals surface area contributed by atoms with Gasteiger partial charge in [0.1, 0.15) is 5.82 Å². The number of aromatic nitrogens is 2. The number of rotatable bonds is 5. The second kappa shape index (κ2) is 5.84. The van der Waals surface area contributed by atoms with Gasteiger partial charge in [-0.3, -0.25) is 0 Å². The monoisotopic (exact) mass is 249 g/mol. The van der Waals surface area contributed by atoms with Gasteiger partial charge in [-0.15, -0.1) is 0 Å². The number of benzene rings is 1. The van der Waals surface area contributed by atoms with Gasteiger partial charge in [0.15, 0.2) is 0 Å². The molecular weight excluding hydrogens is 234 g/mol. The lowest BCUT2D eigenvalue weighted by atomic mass is 10.1. The van der Waals surface area contributed by atoms with E-state index >= 15 is 0 Å². The standard InChI is InChI=1S/C13H16ClN3/c1-10(11-3-2-4-12(14)9-11)15-6-5-13-16-7-8-17-13/h2-4,7-10,15H,5-6H2,1H3,(H,16,17). The van der Waals surface area contributed by atoms with Crippen LogP contribution in [0.25, 0.3) is 0 Å². The van der Waals surface area contributed by atoms with Crippen molar-refractivity contribution >= 4 is 11.6 Å². The molecule has 17 heavy (non-hydrogen) atoms. The van der Waals surface area contributed by atoms with Crippen LogP contribution in [-0.2, 0) is 6.42 Å². The Balaban J connectivity index is 1.83. The normalized spacial score (nSPS) is 12.6. The third-order valence-electron chi connectivity index (χ3n) is 2.72. The van der Waals surface area contributed by atoms with Crippen molar-refractivity contribution in [1.29, 1.82) is 0 Å². The summed E-state index contributed by atoms with van der Waals surface area (Å²) in [5, 5.41) is 4.23. The molecular formula is C13H16ClN3. The number of aromatic amines is 1. The van der Waals surface area contributed by atoms with Crippen LogP contribution in [0.3, 0.4) is 0 Å². The lowest BCUT2D eigenvalue weighted by Crippen LogP contribution is -2.21. The second-order valence-electron chi connectivity index (χ2n) is 4.02. The Labute approximate surface area is 106 Å². The molecule has 0 bridgehead atoms. The van der Waals surface area contributed by atoms with E-state index in [0.29, 0.717) is 6.04 Å². The van der Waals surface area contributed by atoms with Gasteiger partial charge in [-0.1, -0.05) is 23.7 Å². The Bertz CT molecular complexity index is 453. The minimum atomic E-state index is 0.295. The molecule has 0 fully saturated rings. The predicted molar refractivity (Wildman–Crippen MR) is 70.2 cm³/mol. The van der Waals surface area contributed by atoms with Crippen LogP contribution in [0.4, 0.5) is 0 Å². The van der Waals surface area contributed by atoms with Crippen LogP contribution >= 0.6 is 11.6 Å². The molecule has 2 N–H and O–H groups in total. The quantitative estimate of drug-likeness (QED) is 0.855. The van der Waals surface area contributed by atoms with E-state index < -0.39 is 0 Å². The Morgan fingerprint density at radius 2 is 2.35 bits per heavy atom. The van der Waals surface area contributed by atoms with Crippen LogP contribution in [0.15, 0.2) is 36.7 Å². The summed E-state index contributed by atoms with van der Waals surface area (Å²) in [6.45, 7) is 3.02. The molecule has 0 saturated heterocycles. The molecule has 1 heterocycles. The Hall–Kier alpha value is -1.32. The molecule has 0 spiro atoms. The summed E-state index contributed by atoms with van der Waals surface area (Å²) in [5.74, 6) is 1.01. The van der Waals surface area contributed by atoms with E-state index in [0.717, 1.165) is 23.8 Å². The molecule has 0 aliphatic rings. The van der Waals surface area contributed by atoms with Crippen molar-refractivity contribution in [3.05, 3.63) is 53.1 Å². The molecule has 3 nitrogen and oxygen atoms in total. The number of H-pyrrole nitrogens is 1. The van der Waals surface area contributed by atoms with E-state index in [-0.39, 0.29) is 0 Å². The van der Waals surface area contributed by atoms with Crippen LogP contribution < -0.4 is 5.32 Å². The summed E-state index contributed by atoms with van der Waals surface area (Å²) in [5.41, 5.74) is 1.21. The molecule has 1 aromatic carbocycles. The number of imidazole rings is 1. The highest BCUT2D eigenvalue weighted by molar-refractivity contribution is 6.30. The van der Waals surface area contributed by atoms with Crippen LogP contribution in [0.2, 0.25) is 5.02 Å². The van der Waals surface area contributed by atoms with E-state index in [4.69, 9.17) is 11.6 Å². The summed E-state index contributed by atoms with van der Waals surface area (Å²) in [4.78, 5) is 7.27. The fourth-order valence-electron chi connectivity index (χ4n) is 1.74. The number of nitrogens with one attached hydrogen (secondary N) is 2. The van der Waals surface area contributed by atoms with Crippen molar-refractivity contribution in [2.45, 2.75) is 19.4 Å². The van der Waals surface area contributed by atoms with Gasteiger partial charge in [0, 0.05) is 36.4 Å². The van der Waals surface area contributed by atoms with Crippen molar-refractivity contribution in [1.82, 2.24) is 15.3 Å². The summed E-state index contributed by atoms with van der Waals surface area (Å²) < 4.78 is 0. The zero-order valence-corrected chi connectivity index (χ0v) is 10.5. The van der Waals surface area contributed by atoms with Crippen molar-refractivity contribution in [2.75, 3.05) is 6.54 Å². The highest BCUT2D eigenvalue weighted by Gasteiger charge is 2.05. The number of hydrogen-bond donors (Lipinski definition) is 2. The van der Waals surface area contributed by atoms with Gasteiger partial charge >= 0.3 is 0 Å². The van der Waals surface area contributed by atoms with Gasteiger partial charge in [-0.25, -0.2) is 4.98 Å². The van der Waals surface area contributed by atoms with Gasteiger partial charge in [0.2, 0.25) is 0 Å². The van der Waals surface area contributed by atoms with Crippen molar-refractivity contribution in [3.63, 3.8) is 0 Å². The lowest BCUT2D eigenvalue weighted by molar-refractivity contribution is 0.571. The van der Waals surface area contributed by atoms with Crippen LogP contribution in [0.1, 0.15) is 24.4 Å². The lowest BCUT2D eigenvalue weighted by Gasteiger charge is -2.13. The fraction of sp³-hybridized carbons (Fsp3) is 0.308. The van der Waals surface area contributed by atoms with E-state index in [1.54, 1.807) is 6.20 Å². The zero-order valence-electron chi connectivity index (χ0n) is 9.78. The maximum atomic E-state index is 5.96. The summed E-state index contributed by atoms with van der Waals surface area (Å²) >= 11 is 5.96. The van der Waals surface area contributed by atoms with E-state index in [1.165, 1.54) is 5.56 Å². The Morgan fingerprint density at radius 3 is 3.06 bits per heavy atom. The first kappa shape index (κ1) is 12.1. The third kappa shape index (κ3) is 3.58. The molecule has 0 aliphatic carbocycles. The van der Waals surface area contributed by atoms with Crippen molar-refractivity contribution in [2.24, 2.45) is 0 Å². The highest BCUT2D eigenvalue weighted by Crippen LogP contribution is 2.17. The minimum absolute atomic E-state index is 0.295. The van der Waals surface area contributed by atoms with Crippen LogP contribution in [0, 0.1) is 0 Å². The SMILES string of the molecule is CC(NCCc1ncc[nH]1)c1cccc(Cl)c1. The summed E-state index contributed by atoms with van der Waals surface area (Å²) in [7, 11) is 0. The molecule has 2 aromatic rings. The van der Waals surface area contributed by atoms with Crippen molar-refractivity contribution < 1.29 is 0 Å². The van der Waals surface area contributed by atoms with E-state index in [9.17, 15) is 0 Å². The molecule has 2 rings (SSSR count). The second-order valence-corrected chi connectivity index (χ2v) is 4.45. The third-order valence-corrected chi connectivity index (χ3v) is 2.95. The smallest absolute Gasteiger partial charge is 0.107 e. The minimum Gasteiger partial charge on any atom is -0.349 e. The molecule has 0 amide bonds. The average molecular weight is 250 g/mol. The topological polar surface area (TPSA) is 40.7 Å². The van der Waals surface area contributed by atoms with Gasteiger partial charge in [0.25, 0.3) is 0 Å². The van der Waals surface area contributed by atoms with Gasteiger partial charge in [-0.05, 0) is 24.6 Å². The largest absolute Gasteiger partial charge is 0.349 e. The summed E-state index contributed by atoms with van der Waals surface area (Å²) in [6, 6.07) is 8.23. The molecule has 90 valence electrons. The molecule has 0 aliphatic heterocycles. The molecule has 1 unspecified atom stereocenters. The maximum Gasteiger partial charge on any atom is 0.107 e. The maximum absolute atomic E-state index is 5.96. The number of halogens is 1. The number of hydrogen-bond acceptors (Lipinski definition) is 2. The fourth-order valence-corrected chi connectivity index (χ4v) is 1.93. The Kier molecular flexibility index (Phi) is 4.18.